The van der Waals surface area contributed by atoms with E-state index in [4.69, 9.17) is 0 Å². The van der Waals surface area contributed by atoms with Gasteiger partial charge in [-0.05, 0) is 24.8 Å². The summed E-state index contributed by atoms with van der Waals surface area (Å²) in [5, 5.41) is 1.49. The zero-order chi connectivity index (χ0) is 13.4. The molecular weight excluding hydrogens is 268 g/mol. The van der Waals surface area contributed by atoms with Gasteiger partial charge in [-0.25, -0.2) is 15.0 Å². The van der Waals surface area contributed by atoms with Crippen LogP contribution >= 0.6 is 11.8 Å². The third kappa shape index (κ3) is 2.26. The number of imidazole rings is 1. The largest absolute Gasteiger partial charge is 0.274 e. The van der Waals surface area contributed by atoms with Crippen LogP contribution in [0.15, 0.2) is 37.2 Å². The summed E-state index contributed by atoms with van der Waals surface area (Å²) in [5.74, 6) is 0.678. The van der Waals surface area contributed by atoms with Gasteiger partial charge in [0, 0.05) is 40.9 Å². The second-order valence-corrected chi connectivity index (χ2v) is 6.91. The molecule has 0 radical (unpaired) electrons. The summed E-state index contributed by atoms with van der Waals surface area (Å²) in [6.45, 7) is 0. The zero-order valence-corrected chi connectivity index (χ0v) is 12.0. The number of rotatable bonds is 2. The zero-order valence-electron chi connectivity index (χ0n) is 11.1. The van der Waals surface area contributed by atoms with E-state index >= 15 is 0 Å². The van der Waals surface area contributed by atoms with E-state index in [9.17, 15) is 0 Å². The summed E-state index contributed by atoms with van der Waals surface area (Å²) in [4.78, 5) is 12.9. The Balaban J connectivity index is 1.61. The van der Waals surface area contributed by atoms with E-state index < -0.39 is 0 Å². The van der Waals surface area contributed by atoms with Crippen molar-refractivity contribution in [3.8, 4) is 5.95 Å². The lowest BCUT2D eigenvalue weighted by molar-refractivity contribution is 0.629. The topological polar surface area (TPSA) is 43.6 Å². The van der Waals surface area contributed by atoms with Crippen molar-refractivity contribution < 1.29 is 0 Å². The van der Waals surface area contributed by atoms with Crippen LogP contribution in [-0.4, -0.2) is 30.0 Å². The van der Waals surface area contributed by atoms with Crippen LogP contribution in [0.3, 0.4) is 0 Å². The normalized spacial score (nSPS) is 25.3. The molecule has 2 aliphatic heterocycles. The van der Waals surface area contributed by atoms with Crippen molar-refractivity contribution >= 4 is 17.3 Å². The first kappa shape index (κ1) is 12.1. The number of allylic oxidation sites excluding steroid dienone is 1. The second-order valence-electron chi connectivity index (χ2n) is 5.37. The Morgan fingerprint density at radius 1 is 1.20 bits per heavy atom. The maximum absolute atomic E-state index is 4.45. The molecule has 2 unspecified atom stereocenters. The number of thioether (sulfide) groups is 1. The van der Waals surface area contributed by atoms with Gasteiger partial charge in [0.15, 0.2) is 0 Å². The molecule has 5 heteroatoms. The Hall–Kier alpha value is -1.62. The molecule has 0 N–H and O–H groups in total. The Labute approximate surface area is 122 Å². The van der Waals surface area contributed by atoms with Crippen molar-refractivity contribution in [3.05, 3.63) is 42.8 Å². The fraction of sp³-hybridized carbons (Fsp3) is 0.400. The molecule has 2 aromatic rings. The molecule has 102 valence electrons. The van der Waals surface area contributed by atoms with Crippen molar-refractivity contribution in [2.75, 3.05) is 0 Å². The van der Waals surface area contributed by atoms with Crippen LogP contribution in [0.1, 0.15) is 31.2 Å². The lowest BCUT2D eigenvalue weighted by atomic mass is 9.95. The molecule has 2 bridgehead atoms. The van der Waals surface area contributed by atoms with Crippen molar-refractivity contribution in [1.82, 2.24) is 19.5 Å². The Bertz CT molecular complexity index is 618. The van der Waals surface area contributed by atoms with E-state index in [0.717, 1.165) is 11.7 Å². The van der Waals surface area contributed by atoms with Crippen molar-refractivity contribution in [3.63, 3.8) is 0 Å². The first-order chi connectivity index (χ1) is 9.88. The molecule has 20 heavy (non-hydrogen) atoms. The molecule has 1 saturated heterocycles. The van der Waals surface area contributed by atoms with Gasteiger partial charge in [0.1, 0.15) is 6.33 Å². The van der Waals surface area contributed by atoms with Crippen molar-refractivity contribution in [2.24, 2.45) is 0 Å². The maximum atomic E-state index is 4.45. The predicted octanol–water partition coefficient (Wildman–Crippen LogP) is 3.10. The van der Waals surface area contributed by atoms with E-state index in [-0.39, 0.29) is 0 Å². The molecule has 0 amide bonds. The monoisotopic (exact) mass is 284 g/mol. The van der Waals surface area contributed by atoms with E-state index in [1.807, 2.05) is 23.2 Å². The highest BCUT2D eigenvalue weighted by molar-refractivity contribution is 8.00. The van der Waals surface area contributed by atoms with Gasteiger partial charge in [-0.15, -0.1) is 0 Å². The van der Waals surface area contributed by atoms with Gasteiger partial charge >= 0.3 is 0 Å². The minimum atomic E-state index is 0.678. The number of aromatic nitrogens is 4. The molecule has 4 heterocycles. The third-order valence-corrected chi connectivity index (χ3v) is 5.47. The fourth-order valence-corrected chi connectivity index (χ4v) is 4.57. The van der Waals surface area contributed by atoms with Gasteiger partial charge in [-0.2, -0.15) is 11.8 Å². The van der Waals surface area contributed by atoms with Crippen LogP contribution in [0, 0.1) is 0 Å². The van der Waals surface area contributed by atoms with Crippen LogP contribution in [0.5, 0.6) is 0 Å². The number of fused-ring (bicyclic) bond motifs is 2. The molecular formula is C15H16N4S. The highest BCUT2D eigenvalue weighted by Gasteiger charge is 2.27. The fourth-order valence-electron chi connectivity index (χ4n) is 2.95. The molecule has 4 nitrogen and oxygen atoms in total. The average Bonchev–Trinajstić information content (AvgIpc) is 3.01. The predicted molar refractivity (Wildman–Crippen MR) is 80.8 cm³/mol. The quantitative estimate of drug-likeness (QED) is 0.850. The second kappa shape index (κ2) is 5.05. The van der Waals surface area contributed by atoms with Crippen LogP contribution < -0.4 is 0 Å². The minimum Gasteiger partial charge on any atom is -0.274 e. The molecule has 2 aliphatic rings. The number of hydrogen-bond donors (Lipinski definition) is 0. The number of hydrogen-bond acceptors (Lipinski definition) is 4. The molecule has 1 fully saturated rings. The molecule has 4 rings (SSSR count). The van der Waals surface area contributed by atoms with E-state index in [1.165, 1.54) is 30.4 Å². The SMILES string of the molecule is C1=C(c2cnc(-n3ccnc3)nc2)CC2CCCC1S2. The summed E-state index contributed by atoms with van der Waals surface area (Å²) >= 11 is 2.14. The van der Waals surface area contributed by atoms with Crippen molar-refractivity contribution in [2.45, 2.75) is 36.2 Å². The van der Waals surface area contributed by atoms with Gasteiger partial charge in [0.2, 0.25) is 5.95 Å². The standard InChI is InChI=1S/C15H16N4S/c1-2-13-6-11(7-14(3-1)20-13)12-8-17-15(18-9-12)19-5-4-16-10-19/h4-6,8-10,13-14H,1-3,7H2. The third-order valence-electron chi connectivity index (χ3n) is 3.96. The molecule has 0 aromatic carbocycles. The van der Waals surface area contributed by atoms with Crippen LogP contribution in [0.2, 0.25) is 0 Å². The smallest absolute Gasteiger partial charge is 0.234 e. The summed E-state index contributed by atoms with van der Waals surface area (Å²) in [6, 6.07) is 0. The van der Waals surface area contributed by atoms with E-state index in [1.54, 1.807) is 12.5 Å². The molecule has 0 spiro atoms. The van der Waals surface area contributed by atoms with E-state index in [0.29, 0.717) is 11.2 Å². The van der Waals surface area contributed by atoms with Crippen molar-refractivity contribution in [1.29, 1.82) is 0 Å². The van der Waals surface area contributed by atoms with Gasteiger partial charge < -0.3 is 0 Å². The van der Waals surface area contributed by atoms with Gasteiger partial charge in [-0.1, -0.05) is 12.5 Å². The first-order valence-corrected chi connectivity index (χ1v) is 8.00. The highest BCUT2D eigenvalue weighted by atomic mass is 32.2. The van der Waals surface area contributed by atoms with Crippen LogP contribution in [-0.2, 0) is 0 Å². The summed E-state index contributed by atoms with van der Waals surface area (Å²) in [6.07, 6.45) is 16.8. The lowest BCUT2D eigenvalue weighted by Crippen LogP contribution is -2.21. The van der Waals surface area contributed by atoms with E-state index in [2.05, 4.69) is 32.8 Å². The summed E-state index contributed by atoms with van der Waals surface area (Å²) in [5.41, 5.74) is 2.60. The Kier molecular flexibility index (Phi) is 3.07. The summed E-state index contributed by atoms with van der Waals surface area (Å²) < 4.78 is 1.82. The molecule has 0 aliphatic carbocycles. The van der Waals surface area contributed by atoms with Crippen LogP contribution in [0.4, 0.5) is 0 Å². The maximum Gasteiger partial charge on any atom is 0.234 e. The summed E-state index contributed by atoms with van der Waals surface area (Å²) in [7, 11) is 0. The molecule has 2 aromatic heterocycles. The lowest BCUT2D eigenvalue weighted by Gasteiger charge is -2.32. The molecule has 2 atom stereocenters. The Morgan fingerprint density at radius 2 is 2.10 bits per heavy atom. The first-order valence-electron chi connectivity index (χ1n) is 7.05. The highest BCUT2D eigenvalue weighted by Crippen LogP contribution is 2.42. The van der Waals surface area contributed by atoms with Gasteiger partial charge in [0.05, 0.1) is 0 Å². The average molecular weight is 284 g/mol. The molecule has 0 saturated carbocycles. The van der Waals surface area contributed by atoms with Gasteiger partial charge in [0.25, 0.3) is 0 Å². The Morgan fingerprint density at radius 3 is 2.85 bits per heavy atom. The minimum absolute atomic E-state index is 0.678. The number of nitrogens with zero attached hydrogens (tertiary/aromatic N) is 4. The van der Waals surface area contributed by atoms with Crippen LogP contribution in [0.25, 0.3) is 11.5 Å². The van der Waals surface area contributed by atoms with Gasteiger partial charge in [-0.3, -0.25) is 4.57 Å².